The third kappa shape index (κ3) is 3.72. The van der Waals surface area contributed by atoms with Gasteiger partial charge in [0.25, 0.3) is 17.3 Å². The Morgan fingerprint density at radius 1 is 1.07 bits per heavy atom. The van der Waals surface area contributed by atoms with Gasteiger partial charge in [0.15, 0.2) is 5.78 Å². The molecule has 0 fully saturated rings. The molecule has 0 spiro atoms. The molecule has 0 saturated heterocycles. The number of amides is 1. The number of non-ortho nitro benzene ring substituents is 2. The first-order chi connectivity index (χ1) is 12.8. The first kappa shape index (κ1) is 18.3. The van der Waals surface area contributed by atoms with Crippen molar-refractivity contribution in [1.82, 2.24) is 0 Å². The molecule has 0 unspecified atom stereocenters. The minimum absolute atomic E-state index is 0.0413. The summed E-state index contributed by atoms with van der Waals surface area (Å²) in [6.45, 7) is -0.493. The molecule has 3 rings (SSSR count). The third-order valence-corrected chi connectivity index (χ3v) is 4.22. The van der Waals surface area contributed by atoms with E-state index in [-0.39, 0.29) is 11.3 Å². The minimum Gasteiger partial charge on any atom is -0.320 e. The van der Waals surface area contributed by atoms with Crippen LogP contribution in [-0.4, -0.2) is 33.8 Å². The van der Waals surface area contributed by atoms with Gasteiger partial charge < -0.3 is 5.32 Å². The van der Waals surface area contributed by atoms with Crippen LogP contribution in [0.25, 0.3) is 0 Å². The van der Waals surface area contributed by atoms with E-state index in [1.54, 1.807) is 18.2 Å². The fourth-order valence-corrected chi connectivity index (χ4v) is 2.85. The molecule has 0 bridgehead atoms. The number of carbonyl (C=O) groups excluding carboxylic acids is 2. The molecule has 1 heterocycles. The molecule has 0 radical (unpaired) electrons. The third-order valence-electron chi connectivity index (χ3n) is 3.73. The van der Waals surface area contributed by atoms with E-state index in [0.717, 1.165) is 18.2 Å². The molecule has 0 saturated carbocycles. The van der Waals surface area contributed by atoms with Gasteiger partial charge in [-0.05, 0) is 18.2 Å². The van der Waals surface area contributed by atoms with Crippen LogP contribution in [0.5, 0.6) is 0 Å². The number of aliphatic imine (C=N–C) groups is 1. The maximum atomic E-state index is 12.3. The second-order valence-corrected chi connectivity index (χ2v) is 6.40. The van der Waals surface area contributed by atoms with Gasteiger partial charge in [-0.3, -0.25) is 34.8 Å². The molecule has 2 aromatic carbocycles. The van der Waals surface area contributed by atoms with Gasteiger partial charge in [-0.25, -0.2) is 0 Å². The van der Waals surface area contributed by atoms with Crippen LogP contribution in [0, 0.1) is 20.2 Å². The van der Waals surface area contributed by atoms with Crippen molar-refractivity contribution in [3.63, 3.8) is 0 Å². The summed E-state index contributed by atoms with van der Waals surface area (Å²) in [5.41, 5.74) is -0.290. The Labute approximate surface area is 159 Å². The number of nitro groups is 2. The van der Waals surface area contributed by atoms with Crippen molar-refractivity contribution < 1.29 is 19.4 Å². The molecule has 1 aliphatic rings. The predicted molar refractivity (Wildman–Crippen MR) is 98.3 cm³/mol. The standard InChI is InChI=1S/C16H9BrN4O6/c17-9-1-2-13-12(5-9)15(16(23)19-13)18-7-14(22)8-3-10(20(24)25)6-11(4-8)21(26)27/h1-6H,7H2,(H,18,19,23). The molecular formula is C16H9BrN4O6. The molecule has 27 heavy (non-hydrogen) atoms. The quantitative estimate of drug-likeness (QED) is 0.436. The fourth-order valence-electron chi connectivity index (χ4n) is 2.49. The lowest BCUT2D eigenvalue weighted by Crippen LogP contribution is -2.16. The summed E-state index contributed by atoms with van der Waals surface area (Å²) in [6, 6.07) is 7.71. The topological polar surface area (TPSA) is 145 Å². The maximum Gasteiger partial charge on any atom is 0.277 e. The number of nitrogens with zero attached hydrogens (tertiary/aromatic N) is 3. The van der Waals surface area contributed by atoms with Crippen LogP contribution >= 0.6 is 15.9 Å². The number of benzene rings is 2. The van der Waals surface area contributed by atoms with Gasteiger partial charge in [0.2, 0.25) is 0 Å². The Balaban J connectivity index is 1.92. The van der Waals surface area contributed by atoms with Crippen LogP contribution in [0.4, 0.5) is 17.1 Å². The Morgan fingerprint density at radius 3 is 2.30 bits per heavy atom. The van der Waals surface area contributed by atoms with Gasteiger partial charge >= 0.3 is 0 Å². The molecule has 2 aromatic rings. The van der Waals surface area contributed by atoms with E-state index >= 15 is 0 Å². The number of ketones is 1. The van der Waals surface area contributed by atoms with Crippen LogP contribution in [-0.2, 0) is 4.79 Å². The molecule has 0 atom stereocenters. The largest absolute Gasteiger partial charge is 0.320 e. The molecule has 10 nitrogen and oxygen atoms in total. The second-order valence-electron chi connectivity index (χ2n) is 5.48. The van der Waals surface area contributed by atoms with Crippen LogP contribution in [0.2, 0.25) is 0 Å². The highest BCUT2D eigenvalue weighted by Gasteiger charge is 2.26. The van der Waals surface area contributed by atoms with Crippen molar-refractivity contribution in [2.75, 3.05) is 11.9 Å². The van der Waals surface area contributed by atoms with Crippen molar-refractivity contribution in [2.45, 2.75) is 0 Å². The summed E-state index contributed by atoms with van der Waals surface area (Å²) < 4.78 is 0.714. The van der Waals surface area contributed by atoms with Gasteiger partial charge in [-0.15, -0.1) is 0 Å². The first-order valence-corrected chi connectivity index (χ1v) is 8.18. The summed E-state index contributed by atoms with van der Waals surface area (Å²) in [6.07, 6.45) is 0. The molecule has 1 aliphatic heterocycles. The molecule has 136 valence electrons. The number of fused-ring (bicyclic) bond motifs is 1. The molecule has 0 aromatic heterocycles. The summed E-state index contributed by atoms with van der Waals surface area (Å²) in [7, 11) is 0. The minimum atomic E-state index is -0.826. The molecule has 0 aliphatic carbocycles. The highest BCUT2D eigenvalue weighted by Crippen LogP contribution is 2.27. The van der Waals surface area contributed by atoms with E-state index in [1.807, 2.05) is 0 Å². The van der Waals surface area contributed by atoms with Gasteiger partial charge in [0, 0.05) is 27.7 Å². The fraction of sp³-hybridized carbons (Fsp3) is 0.0625. The lowest BCUT2D eigenvalue weighted by atomic mass is 10.1. The van der Waals surface area contributed by atoms with Gasteiger partial charge in [-0.1, -0.05) is 15.9 Å². The van der Waals surface area contributed by atoms with Crippen molar-refractivity contribution in [3.8, 4) is 0 Å². The van der Waals surface area contributed by atoms with Crippen LogP contribution in [0.3, 0.4) is 0 Å². The van der Waals surface area contributed by atoms with E-state index < -0.39 is 39.5 Å². The van der Waals surface area contributed by atoms with Gasteiger partial charge in [0.1, 0.15) is 12.3 Å². The lowest BCUT2D eigenvalue weighted by Gasteiger charge is -2.01. The maximum absolute atomic E-state index is 12.3. The Bertz CT molecular complexity index is 1020. The number of halogens is 1. The van der Waals surface area contributed by atoms with Crippen LogP contribution in [0.15, 0.2) is 45.9 Å². The summed E-state index contributed by atoms with van der Waals surface area (Å²) in [5, 5.41) is 24.4. The second kappa shape index (κ2) is 7.03. The van der Waals surface area contributed by atoms with Gasteiger partial charge in [-0.2, -0.15) is 0 Å². The molecule has 1 N–H and O–H groups in total. The zero-order valence-electron chi connectivity index (χ0n) is 13.3. The summed E-state index contributed by atoms with van der Waals surface area (Å²) in [5.74, 6) is -1.17. The van der Waals surface area contributed by atoms with Crippen molar-refractivity contribution >= 4 is 50.4 Å². The highest BCUT2D eigenvalue weighted by molar-refractivity contribution is 9.10. The smallest absolute Gasteiger partial charge is 0.277 e. The number of hydrogen-bond acceptors (Lipinski definition) is 7. The molecule has 1 amide bonds. The number of hydrogen-bond donors (Lipinski definition) is 1. The van der Waals surface area contributed by atoms with E-state index in [9.17, 15) is 29.8 Å². The number of nitrogens with one attached hydrogen (secondary N) is 1. The molecule has 11 heteroatoms. The predicted octanol–water partition coefficient (Wildman–Crippen LogP) is 2.89. The molecular weight excluding hydrogens is 424 g/mol. The van der Waals surface area contributed by atoms with E-state index in [2.05, 4.69) is 26.2 Å². The Kier molecular flexibility index (Phi) is 4.77. The first-order valence-electron chi connectivity index (χ1n) is 7.39. The zero-order chi connectivity index (χ0) is 19.7. The zero-order valence-corrected chi connectivity index (χ0v) is 14.9. The Morgan fingerprint density at radius 2 is 1.70 bits per heavy atom. The normalized spacial score (nSPS) is 14.0. The van der Waals surface area contributed by atoms with E-state index in [0.29, 0.717) is 15.7 Å². The number of anilines is 1. The van der Waals surface area contributed by atoms with Crippen LogP contribution in [0.1, 0.15) is 15.9 Å². The average Bonchev–Trinajstić information content (AvgIpc) is 2.93. The van der Waals surface area contributed by atoms with E-state index in [4.69, 9.17) is 0 Å². The highest BCUT2D eigenvalue weighted by atomic mass is 79.9. The lowest BCUT2D eigenvalue weighted by molar-refractivity contribution is -0.394. The number of Topliss-reactive ketones (excluding diaryl/α,β-unsaturated/α-hetero) is 1. The average molecular weight is 433 g/mol. The Hall–Kier alpha value is -3.47. The number of nitro benzene ring substituents is 2. The monoisotopic (exact) mass is 432 g/mol. The van der Waals surface area contributed by atoms with E-state index in [1.165, 1.54) is 0 Å². The number of carbonyl (C=O) groups is 2. The SMILES string of the molecule is O=C1Nc2ccc(Br)cc2C1=NCC(=O)c1cc([N+](=O)[O-])cc([N+](=O)[O-])c1. The summed E-state index contributed by atoms with van der Waals surface area (Å²) >= 11 is 3.28. The summed E-state index contributed by atoms with van der Waals surface area (Å²) in [4.78, 5) is 48.6. The van der Waals surface area contributed by atoms with Crippen molar-refractivity contribution in [1.29, 1.82) is 0 Å². The van der Waals surface area contributed by atoms with Crippen LogP contribution < -0.4 is 5.32 Å². The number of rotatable bonds is 5. The van der Waals surface area contributed by atoms with Crippen molar-refractivity contribution in [3.05, 3.63) is 72.2 Å². The van der Waals surface area contributed by atoms with Crippen molar-refractivity contribution in [2.24, 2.45) is 4.99 Å². The van der Waals surface area contributed by atoms with Gasteiger partial charge in [0.05, 0.1) is 21.6 Å².